The third-order valence-corrected chi connectivity index (χ3v) is 4.49. The summed E-state index contributed by atoms with van der Waals surface area (Å²) in [5.74, 6) is 0.920. The van der Waals surface area contributed by atoms with Gasteiger partial charge in [-0.3, -0.25) is 4.98 Å². The fourth-order valence-electron chi connectivity index (χ4n) is 2.41. The lowest BCUT2D eigenvalue weighted by atomic mass is 10.00. The number of aromatic nitrogens is 2. The summed E-state index contributed by atoms with van der Waals surface area (Å²) >= 11 is 1.72. The molecule has 3 aromatic rings. The lowest BCUT2D eigenvalue weighted by Gasteiger charge is -2.18. The highest BCUT2D eigenvalue weighted by atomic mass is 32.2. The van der Waals surface area contributed by atoms with Gasteiger partial charge >= 0.3 is 0 Å². The first kappa shape index (κ1) is 14.0. The summed E-state index contributed by atoms with van der Waals surface area (Å²) in [7, 11) is 2.00. The molecule has 2 aromatic carbocycles. The van der Waals surface area contributed by atoms with Crippen molar-refractivity contribution in [2.75, 3.05) is 12.8 Å². The van der Waals surface area contributed by atoms with Crippen LogP contribution in [0.3, 0.4) is 0 Å². The Bertz CT molecular complexity index is 710. The SMILES string of the molecule is CNC(CSc1cnccn1)c1cccc2ccccc12. The molecule has 0 fully saturated rings. The van der Waals surface area contributed by atoms with E-state index in [1.54, 1.807) is 30.4 Å². The molecule has 3 nitrogen and oxygen atoms in total. The molecule has 3 rings (SSSR count). The molecular formula is C17H17N3S. The van der Waals surface area contributed by atoms with Crippen molar-refractivity contribution in [1.82, 2.24) is 15.3 Å². The largest absolute Gasteiger partial charge is 0.312 e. The average molecular weight is 295 g/mol. The molecule has 0 saturated heterocycles. The molecular weight excluding hydrogens is 278 g/mol. The summed E-state index contributed by atoms with van der Waals surface area (Å²) in [6, 6.07) is 15.3. The molecule has 0 aliphatic rings. The molecule has 0 aliphatic carbocycles. The molecule has 0 saturated carbocycles. The van der Waals surface area contributed by atoms with Gasteiger partial charge in [-0.15, -0.1) is 11.8 Å². The van der Waals surface area contributed by atoms with Crippen LogP contribution in [0.1, 0.15) is 11.6 Å². The van der Waals surface area contributed by atoms with Crippen molar-refractivity contribution in [3.05, 3.63) is 66.6 Å². The zero-order valence-electron chi connectivity index (χ0n) is 11.9. The molecule has 4 heteroatoms. The van der Waals surface area contributed by atoms with Gasteiger partial charge in [0.15, 0.2) is 0 Å². The predicted molar refractivity (Wildman–Crippen MR) is 88.5 cm³/mol. The molecule has 0 radical (unpaired) electrons. The van der Waals surface area contributed by atoms with Crippen molar-refractivity contribution in [3.8, 4) is 0 Å². The summed E-state index contributed by atoms with van der Waals surface area (Å²) in [6.07, 6.45) is 5.24. The lowest BCUT2D eigenvalue weighted by Crippen LogP contribution is -2.19. The van der Waals surface area contributed by atoms with Crippen LogP contribution in [-0.2, 0) is 0 Å². The topological polar surface area (TPSA) is 37.8 Å². The number of nitrogens with one attached hydrogen (secondary N) is 1. The van der Waals surface area contributed by atoms with Gasteiger partial charge in [-0.05, 0) is 23.4 Å². The molecule has 1 unspecified atom stereocenters. The minimum atomic E-state index is 0.281. The van der Waals surface area contributed by atoms with E-state index in [-0.39, 0.29) is 6.04 Å². The Kier molecular flexibility index (Phi) is 4.48. The van der Waals surface area contributed by atoms with E-state index in [1.165, 1.54) is 16.3 Å². The van der Waals surface area contributed by atoms with E-state index in [0.29, 0.717) is 0 Å². The first-order valence-electron chi connectivity index (χ1n) is 6.92. The predicted octanol–water partition coefficient (Wildman–Crippen LogP) is 3.68. The summed E-state index contributed by atoms with van der Waals surface area (Å²) in [5.41, 5.74) is 1.33. The third-order valence-electron chi connectivity index (χ3n) is 3.48. The molecule has 1 heterocycles. The highest BCUT2D eigenvalue weighted by Crippen LogP contribution is 2.28. The molecule has 0 spiro atoms. The standard InChI is InChI=1S/C17H17N3S/c1-18-16(12-21-17-11-19-9-10-20-17)15-8-4-6-13-5-2-3-7-14(13)15/h2-11,16,18H,12H2,1H3. The highest BCUT2D eigenvalue weighted by molar-refractivity contribution is 7.99. The second-order valence-corrected chi connectivity index (χ2v) is 5.80. The zero-order chi connectivity index (χ0) is 14.5. The van der Waals surface area contributed by atoms with Gasteiger partial charge in [-0.1, -0.05) is 42.5 Å². The number of rotatable bonds is 5. The van der Waals surface area contributed by atoms with Crippen molar-refractivity contribution in [1.29, 1.82) is 0 Å². The monoisotopic (exact) mass is 295 g/mol. The molecule has 0 amide bonds. The second kappa shape index (κ2) is 6.70. The molecule has 21 heavy (non-hydrogen) atoms. The van der Waals surface area contributed by atoms with E-state index in [9.17, 15) is 0 Å². The van der Waals surface area contributed by atoms with Gasteiger partial charge in [-0.2, -0.15) is 0 Å². The Labute approximate surface area is 128 Å². The number of nitrogens with zero attached hydrogens (tertiary/aromatic N) is 2. The van der Waals surface area contributed by atoms with E-state index in [4.69, 9.17) is 0 Å². The van der Waals surface area contributed by atoms with Crippen LogP contribution in [0.2, 0.25) is 0 Å². The number of thioether (sulfide) groups is 1. The minimum absolute atomic E-state index is 0.281. The quantitative estimate of drug-likeness (QED) is 0.729. The van der Waals surface area contributed by atoms with Crippen molar-refractivity contribution < 1.29 is 0 Å². The van der Waals surface area contributed by atoms with Gasteiger partial charge in [0, 0.05) is 24.2 Å². The Morgan fingerprint density at radius 1 is 1.10 bits per heavy atom. The van der Waals surface area contributed by atoms with Crippen LogP contribution in [0.25, 0.3) is 10.8 Å². The zero-order valence-corrected chi connectivity index (χ0v) is 12.7. The summed E-state index contributed by atoms with van der Waals surface area (Å²) in [5, 5.41) is 6.95. The fourth-order valence-corrected chi connectivity index (χ4v) is 3.37. The summed E-state index contributed by atoms with van der Waals surface area (Å²) in [6.45, 7) is 0. The smallest absolute Gasteiger partial charge is 0.114 e. The van der Waals surface area contributed by atoms with Crippen molar-refractivity contribution in [2.45, 2.75) is 11.1 Å². The van der Waals surface area contributed by atoms with Crippen LogP contribution in [0.15, 0.2) is 66.1 Å². The molecule has 1 N–H and O–H groups in total. The van der Waals surface area contributed by atoms with Gasteiger partial charge in [0.1, 0.15) is 5.03 Å². The molecule has 0 bridgehead atoms. The fraction of sp³-hybridized carbons (Fsp3) is 0.176. The average Bonchev–Trinajstić information content (AvgIpc) is 2.56. The summed E-state index contributed by atoms with van der Waals surface area (Å²) < 4.78 is 0. The normalized spacial score (nSPS) is 12.4. The first-order valence-corrected chi connectivity index (χ1v) is 7.91. The number of benzene rings is 2. The molecule has 106 valence electrons. The Morgan fingerprint density at radius 2 is 1.95 bits per heavy atom. The minimum Gasteiger partial charge on any atom is -0.312 e. The Hall–Kier alpha value is -1.91. The van der Waals surface area contributed by atoms with E-state index in [2.05, 4.69) is 57.7 Å². The number of hydrogen-bond acceptors (Lipinski definition) is 4. The van der Waals surface area contributed by atoms with Gasteiger partial charge in [0.2, 0.25) is 0 Å². The molecule has 0 aliphatic heterocycles. The molecule has 1 atom stereocenters. The Balaban J connectivity index is 1.85. The van der Waals surface area contributed by atoms with E-state index in [1.807, 2.05) is 7.05 Å². The van der Waals surface area contributed by atoms with Crippen molar-refractivity contribution in [2.24, 2.45) is 0 Å². The molecule has 1 aromatic heterocycles. The maximum absolute atomic E-state index is 4.31. The van der Waals surface area contributed by atoms with Gasteiger partial charge in [0.25, 0.3) is 0 Å². The lowest BCUT2D eigenvalue weighted by molar-refractivity contribution is 0.666. The van der Waals surface area contributed by atoms with Gasteiger partial charge < -0.3 is 5.32 Å². The van der Waals surface area contributed by atoms with E-state index in [0.717, 1.165) is 10.8 Å². The van der Waals surface area contributed by atoms with Gasteiger partial charge in [-0.25, -0.2) is 4.98 Å². The van der Waals surface area contributed by atoms with Crippen molar-refractivity contribution >= 4 is 22.5 Å². The number of hydrogen-bond donors (Lipinski definition) is 1. The van der Waals surface area contributed by atoms with Crippen molar-refractivity contribution in [3.63, 3.8) is 0 Å². The number of fused-ring (bicyclic) bond motifs is 1. The van der Waals surface area contributed by atoms with Crippen LogP contribution >= 0.6 is 11.8 Å². The second-order valence-electron chi connectivity index (χ2n) is 4.76. The summed E-state index contributed by atoms with van der Waals surface area (Å²) in [4.78, 5) is 8.42. The van der Waals surface area contributed by atoms with Crippen LogP contribution in [0, 0.1) is 0 Å². The third kappa shape index (κ3) is 3.23. The Morgan fingerprint density at radius 3 is 2.76 bits per heavy atom. The van der Waals surface area contributed by atoms with Crippen LogP contribution in [0.4, 0.5) is 0 Å². The van der Waals surface area contributed by atoms with Crippen LogP contribution < -0.4 is 5.32 Å². The highest BCUT2D eigenvalue weighted by Gasteiger charge is 2.13. The maximum atomic E-state index is 4.31. The maximum Gasteiger partial charge on any atom is 0.114 e. The van der Waals surface area contributed by atoms with E-state index >= 15 is 0 Å². The van der Waals surface area contributed by atoms with E-state index < -0.39 is 0 Å². The first-order chi connectivity index (χ1) is 10.4. The van der Waals surface area contributed by atoms with Crippen LogP contribution in [0.5, 0.6) is 0 Å². The van der Waals surface area contributed by atoms with Crippen LogP contribution in [-0.4, -0.2) is 22.8 Å². The van der Waals surface area contributed by atoms with Gasteiger partial charge in [0.05, 0.1) is 6.20 Å².